The van der Waals surface area contributed by atoms with E-state index in [1.165, 1.54) is 5.56 Å². The van der Waals surface area contributed by atoms with Gasteiger partial charge in [-0.2, -0.15) is 0 Å². The van der Waals surface area contributed by atoms with Gasteiger partial charge in [-0.05, 0) is 23.4 Å². The van der Waals surface area contributed by atoms with Crippen LogP contribution in [0.25, 0.3) is 0 Å². The molecule has 1 aliphatic heterocycles. The molecule has 0 bridgehead atoms. The Kier molecular flexibility index (Phi) is 3.22. The Morgan fingerprint density at radius 3 is 3.23 bits per heavy atom. The molecule has 1 aromatic rings. The van der Waals surface area contributed by atoms with Crippen molar-refractivity contribution in [3.8, 4) is 0 Å². The quantitative estimate of drug-likeness (QED) is 0.839. The maximum absolute atomic E-state index is 5.97. The minimum atomic E-state index is 0.510. The highest BCUT2D eigenvalue weighted by Crippen LogP contribution is 2.22. The van der Waals surface area contributed by atoms with Crippen LogP contribution in [0.3, 0.4) is 0 Å². The molecule has 0 amide bonds. The highest BCUT2D eigenvalue weighted by Gasteiger charge is 2.14. The molecule has 0 aliphatic carbocycles. The van der Waals surface area contributed by atoms with Crippen LogP contribution in [-0.4, -0.2) is 19.3 Å². The average Bonchev–Trinajstić information content (AvgIpc) is 2.72. The number of halogens is 1. The third-order valence-electron chi connectivity index (χ3n) is 2.20. The van der Waals surface area contributed by atoms with E-state index in [9.17, 15) is 0 Å². The van der Waals surface area contributed by atoms with E-state index in [4.69, 9.17) is 16.3 Å². The summed E-state index contributed by atoms with van der Waals surface area (Å²) in [5, 5.41) is 5.44. The molecule has 1 atom stereocenters. The minimum Gasteiger partial charge on any atom is -0.380 e. The fourth-order valence-electron chi connectivity index (χ4n) is 1.40. The van der Waals surface area contributed by atoms with Crippen LogP contribution in [-0.2, 0) is 11.3 Å². The standard InChI is InChI=1S/C9H12ClNOS/c10-9-7(2-4-13-9)5-11-8-1-3-12-6-8/h2,4,8,11H,1,3,5-6H2. The van der Waals surface area contributed by atoms with E-state index in [2.05, 4.69) is 11.4 Å². The molecule has 72 valence electrons. The summed E-state index contributed by atoms with van der Waals surface area (Å²) >= 11 is 7.55. The second-order valence-corrected chi connectivity index (χ2v) is 4.68. The number of rotatable bonds is 3. The zero-order chi connectivity index (χ0) is 9.10. The van der Waals surface area contributed by atoms with Crippen molar-refractivity contribution < 1.29 is 4.74 Å². The molecule has 1 fully saturated rings. The molecule has 1 N–H and O–H groups in total. The molecule has 0 radical (unpaired) electrons. The normalized spacial score (nSPS) is 22.4. The molecule has 2 rings (SSSR count). The summed E-state index contributed by atoms with van der Waals surface area (Å²) in [5.41, 5.74) is 1.19. The molecular formula is C9H12ClNOS. The van der Waals surface area contributed by atoms with Crippen molar-refractivity contribution in [2.45, 2.75) is 19.0 Å². The maximum atomic E-state index is 5.97. The predicted octanol–water partition coefficient (Wildman–Crippen LogP) is 2.28. The number of thiophene rings is 1. The molecule has 1 aliphatic rings. The van der Waals surface area contributed by atoms with Gasteiger partial charge in [-0.1, -0.05) is 11.6 Å². The van der Waals surface area contributed by atoms with Crippen LogP contribution >= 0.6 is 22.9 Å². The lowest BCUT2D eigenvalue weighted by molar-refractivity contribution is 0.190. The van der Waals surface area contributed by atoms with Crippen molar-refractivity contribution in [1.82, 2.24) is 5.32 Å². The molecule has 1 unspecified atom stereocenters. The monoisotopic (exact) mass is 217 g/mol. The topological polar surface area (TPSA) is 21.3 Å². The molecule has 0 spiro atoms. The van der Waals surface area contributed by atoms with Crippen LogP contribution in [0.15, 0.2) is 11.4 Å². The second kappa shape index (κ2) is 4.42. The Bertz CT molecular complexity index is 270. The Morgan fingerprint density at radius 2 is 2.62 bits per heavy atom. The summed E-state index contributed by atoms with van der Waals surface area (Å²) in [6.07, 6.45) is 1.11. The van der Waals surface area contributed by atoms with Gasteiger partial charge in [0, 0.05) is 19.2 Å². The summed E-state index contributed by atoms with van der Waals surface area (Å²) in [4.78, 5) is 0. The first-order valence-corrected chi connectivity index (χ1v) is 5.65. The van der Waals surface area contributed by atoms with E-state index in [1.807, 2.05) is 5.38 Å². The summed E-state index contributed by atoms with van der Waals surface area (Å²) in [5.74, 6) is 0. The van der Waals surface area contributed by atoms with E-state index >= 15 is 0 Å². The lowest BCUT2D eigenvalue weighted by Crippen LogP contribution is -2.28. The fourth-order valence-corrected chi connectivity index (χ4v) is 2.32. The summed E-state index contributed by atoms with van der Waals surface area (Å²) in [7, 11) is 0. The van der Waals surface area contributed by atoms with Crippen LogP contribution in [0.4, 0.5) is 0 Å². The van der Waals surface area contributed by atoms with Crippen molar-refractivity contribution in [1.29, 1.82) is 0 Å². The van der Waals surface area contributed by atoms with Gasteiger partial charge in [-0.3, -0.25) is 0 Å². The van der Waals surface area contributed by atoms with Gasteiger partial charge in [0.2, 0.25) is 0 Å². The largest absolute Gasteiger partial charge is 0.380 e. The Hall–Kier alpha value is -0.0900. The highest BCUT2D eigenvalue weighted by molar-refractivity contribution is 7.14. The van der Waals surface area contributed by atoms with Gasteiger partial charge in [-0.15, -0.1) is 11.3 Å². The van der Waals surface area contributed by atoms with Crippen LogP contribution in [0, 0.1) is 0 Å². The van der Waals surface area contributed by atoms with E-state index in [0.29, 0.717) is 6.04 Å². The van der Waals surface area contributed by atoms with Crippen LogP contribution in [0.1, 0.15) is 12.0 Å². The molecule has 2 nitrogen and oxygen atoms in total. The Labute approximate surface area is 86.9 Å². The zero-order valence-corrected chi connectivity index (χ0v) is 8.83. The summed E-state index contributed by atoms with van der Waals surface area (Å²) in [6, 6.07) is 2.58. The first-order chi connectivity index (χ1) is 6.36. The predicted molar refractivity (Wildman–Crippen MR) is 55.4 cm³/mol. The number of ether oxygens (including phenoxy) is 1. The van der Waals surface area contributed by atoms with Crippen molar-refractivity contribution >= 4 is 22.9 Å². The van der Waals surface area contributed by atoms with Crippen molar-refractivity contribution in [2.75, 3.05) is 13.2 Å². The number of hydrogen-bond donors (Lipinski definition) is 1. The lowest BCUT2D eigenvalue weighted by atomic mass is 10.2. The average molecular weight is 218 g/mol. The van der Waals surface area contributed by atoms with Gasteiger partial charge in [0.15, 0.2) is 0 Å². The Morgan fingerprint density at radius 1 is 1.69 bits per heavy atom. The molecule has 0 saturated carbocycles. The molecular weight excluding hydrogens is 206 g/mol. The van der Waals surface area contributed by atoms with Gasteiger partial charge in [0.05, 0.1) is 10.9 Å². The Balaban J connectivity index is 1.82. The van der Waals surface area contributed by atoms with Gasteiger partial charge in [-0.25, -0.2) is 0 Å². The SMILES string of the molecule is Clc1sccc1CNC1CCOC1. The minimum absolute atomic E-state index is 0.510. The molecule has 2 heterocycles. The zero-order valence-electron chi connectivity index (χ0n) is 7.25. The van der Waals surface area contributed by atoms with Crippen LogP contribution in [0.2, 0.25) is 4.34 Å². The first kappa shape index (κ1) is 9.46. The third-order valence-corrected chi connectivity index (χ3v) is 3.46. The van der Waals surface area contributed by atoms with E-state index in [-0.39, 0.29) is 0 Å². The molecule has 4 heteroatoms. The summed E-state index contributed by atoms with van der Waals surface area (Å²) in [6.45, 7) is 2.58. The van der Waals surface area contributed by atoms with Gasteiger partial charge < -0.3 is 10.1 Å². The number of nitrogens with one attached hydrogen (secondary N) is 1. The first-order valence-electron chi connectivity index (χ1n) is 4.39. The molecule has 1 aromatic heterocycles. The van der Waals surface area contributed by atoms with Gasteiger partial charge >= 0.3 is 0 Å². The van der Waals surface area contributed by atoms with E-state index < -0.39 is 0 Å². The smallest absolute Gasteiger partial charge is 0.0973 e. The lowest BCUT2D eigenvalue weighted by Gasteiger charge is -2.09. The second-order valence-electron chi connectivity index (χ2n) is 3.16. The van der Waals surface area contributed by atoms with Crippen molar-refractivity contribution in [2.24, 2.45) is 0 Å². The van der Waals surface area contributed by atoms with E-state index in [0.717, 1.165) is 30.5 Å². The van der Waals surface area contributed by atoms with Crippen molar-refractivity contribution in [3.63, 3.8) is 0 Å². The van der Waals surface area contributed by atoms with E-state index in [1.54, 1.807) is 11.3 Å². The highest BCUT2D eigenvalue weighted by atomic mass is 35.5. The van der Waals surface area contributed by atoms with Crippen LogP contribution in [0.5, 0.6) is 0 Å². The fraction of sp³-hybridized carbons (Fsp3) is 0.556. The van der Waals surface area contributed by atoms with Gasteiger partial charge in [0.1, 0.15) is 0 Å². The van der Waals surface area contributed by atoms with Gasteiger partial charge in [0.25, 0.3) is 0 Å². The summed E-state index contributed by atoms with van der Waals surface area (Å²) < 4.78 is 6.16. The maximum Gasteiger partial charge on any atom is 0.0973 e. The molecule has 13 heavy (non-hydrogen) atoms. The molecule has 0 aromatic carbocycles. The van der Waals surface area contributed by atoms with Crippen LogP contribution < -0.4 is 5.32 Å². The third kappa shape index (κ3) is 2.44. The number of hydrogen-bond acceptors (Lipinski definition) is 3. The van der Waals surface area contributed by atoms with Crippen molar-refractivity contribution in [3.05, 3.63) is 21.3 Å². The molecule has 1 saturated heterocycles.